The van der Waals surface area contributed by atoms with Gasteiger partial charge < -0.3 is 14.6 Å². The molecule has 0 amide bonds. The molecule has 7 nitrogen and oxygen atoms in total. The Balaban J connectivity index is 1.43. The first-order valence-electron chi connectivity index (χ1n) is 10.6. The number of nitro benzene ring substituents is 1. The number of nitro groups is 1. The second-order valence-electron chi connectivity index (χ2n) is 7.79. The van der Waals surface area contributed by atoms with Crippen LogP contribution in [0, 0.1) is 17.0 Å². The highest BCUT2D eigenvalue weighted by atomic mass is 32.2. The minimum Gasteiger partial charge on any atom is -0.464 e. The lowest BCUT2D eigenvalue weighted by molar-refractivity contribution is -0.384. The number of nitrogens with zero attached hydrogens (tertiary/aromatic N) is 3. The lowest BCUT2D eigenvalue weighted by Crippen LogP contribution is -2.29. The van der Waals surface area contributed by atoms with E-state index < -0.39 is 4.92 Å². The molecule has 1 saturated heterocycles. The number of hydrogen-bond acceptors (Lipinski definition) is 6. The molecule has 170 valence electrons. The summed E-state index contributed by atoms with van der Waals surface area (Å²) in [6, 6.07) is 24.0. The van der Waals surface area contributed by atoms with Crippen molar-refractivity contribution < 1.29 is 9.34 Å². The van der Waals surface area contributed by atoms with E-state index in [0.717, 1.165) is 32.7 Å². The van der Waals surface area contributed by atoms with Crippen LogP contribution in [0.4, 0.5) is 11.4 Å². The fourth-order valence-corrected chi connectivity index (χ4v) is 5.14. The van der Waals surface area contributed by atoms with Gasteiger partial charge in [0.15, 0.2) is 5.11 Å². The highest BCUT2D eigenvalue weighted by Crippen LogP contribution is 2.42. The number of anilines is 1. The van der Waals surface area contributed by atoms with Crippen LogP contribution in [0.15, 0.2) is 99.3 Å². The van der Waals surface area contributed by atoms with Crippen LogP contribution >= 0.6 is 24.0 Å². The molecule has 4 aromatic rings. The van der Waals surface area contributed by atoms with Crippen LogP contribution in [0.2, 0.25) is 0 Å². The predicted molar refractivity (Wildman–Crippen MR) is 135 cm³/mol. The number of thiocarbonyl (C=S) groups is 1. The molecule has 1 N–H and O–H groups in total. The van der Waals surface area contributed by atoms with Crippen LogP contribution < -0.4 is 10.2 Å². The van der Waals surface area contributed by atoms with Gasteiger partial charge in [0.25, 0.3) is 5.69 Å². The van der Waals surface area contributed by atoms with Crippen LogP contribution in [0.5, 0.6) is 0 Å². The van der Waals surface area contributed by atoms with Crippen molar-refractivity contribution in [2.75, 3.05) is 4.90 Å². The molecule has 2 atom stereocenters. The predicted octanol–water partition coefficient (Wildman–Crippen LogP) is 6.22. The van der Waals surface area contributed by atoms with Crippen molar-refractivity contribution in [1.82, 2.24) is 10.3 Å². The lowest BCUT2D eigenvalue weighted by atomic mass is 10.0. The SMILES string of the molecule is Cc1ccc(C2C(c3ccccn3)NC(=S)N2c2ccc(Sc3ccc([N+](=O)[O-])cc3)cc2)o1. The summed E-state index contributed by atoms with van der Waals surface area (Å²) in [7, 11) is 0. The standard InChI is InChI=1S/C25H20N4O3S2/c1-16-5-14-22(32-16)24-23(21-4-2-3-15-26-21)27-25(33)28(24)17-6-10-19(11-7-17)34-20-12-8-18(9-13-20)29(30)31/h2-15,23-24H,1H3,(H,27,33). The summed E-state index contributed by atoms with van der Waals surface area (Å²) >= 11 is 7.28. The quantitative estimate of drug-likeness (QED) is 0.195. The van der Waals surface area contributed by atoms with Crippen molar-refractivity contribution in [3.8, 4) is 0 Å². The summed E-state index contributed by atoms with van der Waals surface area (Å²) < 4.78 is 6.03. The zero-order valence-corrected chi connectivity index (χ0v) is 19.8. The fraction of sp³-hybridized carbons (Fsp3) is 0.120. The zero-order chi connectivity index (χ0) is 23.7. The molecule has 2 unspecified atom stereocenters. The number of non-ortho nitro benzene ring substituents is 1. The van der Waals surface area contributed by atoms with E-state index in [4.69, 9.17) is 16.6 Å². The number of aromatic nitrogens is 1. The first-order chi connectivity index (χ1) is 16.5. The Morgan fingerprint density at radius 3 is 2.32 bits per heavy atom. The first-order valence-corrected chi connectivity index (χ1v) is 11.8. The van der Waals surface area contributed by atoms with Gasteiger partial charge >= 0.3 is 0 Å². The molecule has 1 aliphatic rings. The highest BCUT2D eigenvalue weighted by Gasteiger charge is 2.42. The van der Waals surface area contributed by atoms with Crippen molar-refractivity contribution in [2.45, 2.75) is 28.8 Å². The average Bonchev–Trinajstić information content (AvgIpc) is 3.43. The van der Waals surface area contributed by atoms with Crippen molar-refractivity contribution in [1.29, 1.82) is 0 Å². The number of benzene rings is 2. The molecule has 2 aromatic heterocycles. The van der Waals surface area contributed by atoms with Gasteiger partial charge in [0.05, 0.1) is 16.7 Å². The second-order valence-corrected chi connectivity index (χ2v) is 9.33. The lowest BCUT2D eigenvalue weighted by Gasteiger charge is -2.26. The Morgan fingerprint density at radius 2 is 1.74 bits per heavy atom. The zero-order valence-electron chi connectivity index (χ0n) is 18.1. The Bertz CT molecular complexity index is 1320. The fourth-order valence-electron chi connectivity index (χ4n) is 3.98. The third kappa shape index (κ3) is 4.40. The molecule has 0 aliphatic carbocycles. The molecule has 34 heavy (non-hydrogen) atoms. The number of rotatable bonds is 6. The topological polar surface area (TPSA) is 84.4 Å². The molecule has 1 fully saturated rings. The molecule has 0 bridgehead atoms. The number of aryl methyl sites for hydroxylation is 1. The van der Waals surface area contributed by atoms with Crippen LogP contribution in [-0.4, -0.2) is 15.0 Å². The summed E-state index contributed by atoms with van der Waals surface area (Å²) in [5, 5.41) is 14.9. The molecule has 0 saturated carbocycles. The molecule has 0 radical (unpaired) electrons. The van der Waals surface area contributed by atoms with Gasteiger partial charge in [-0.2, -0.15) is 0 Å². The summed E-state index contributed by atoms with van der Waals surface area (Å²) in [5.74, 6) is 1.65. The molecular formula is C25H20N4O3S2. The van der Waals surface area contributed by atoms with E-state index in [2.05, 4.69) is 15.2 Å². The normalized spacial score (nSPS) is 17.6. The number of nitrogens with one attached hydrogen (secondary N) is 1. The average molecular weight is 489 g/mol. The van der Waals surface area contributed by atoms with Crippen molar-refractivity contribution in [3.05, 3.63) is 112 Å². The molecule has 0 spiro atoms. The van der Waals surface area contributed by atoms with Crippen LogP contribution in [0.3, 0.4) is 0 Å². The molecule has 1 aliphatic heterocycles. The van der Waals surface area contributed by atoms with Gasteiger partial charge in [-0.25, -0.2) is 0 Å². The molecule has 3 heterocycles. The highest BCUT2D eigenvalue weighted by molar-refractivity contribution is 7.99. The number of furan rings is 1. The van der Waals surface area contributed by atoms with E-state index in [0.29, 0.717) is 5.11 Å². The molecule has 5 rings (SSSR count). The monoisotopic (exact) mass is 488 g/mol. The summed E-state index contributed by atoms with van der Waals surface area (Å²) in [4.78, 5) is 19.0. The number of hydrogen-bond donors (Lipinski definition) is 1. The van der Waals surface area contributed by atoms with E-state index in [-0.39, 0.29) is 17.8 Å². The van der Waals surface area contributed by atoms with Crippen LogP contribution in [0.1, 0.15) is 29.3 Å². The Labute approximate surface area is 206 Å². The summed E-state index contributed by atoms with van der Waals surface area (Å²) in [6.07, 6.45) is 1.78. The minimum absolute atomic E-state index is 0.0800. The third-order valence-corrected chi connectivity index (χ3v) is 6.88. The van der Waals surface area contributed by atoms with Gasteiger partial charge in [0.2, 0.25) is 0 Å². The van der Waals surface area contributed by atoms with Gasteiger partial charge in [-0.1, -0.05) is 17.8 Å². The maximum absolute atomic E-state index is 10.9. The van der Waals surface area contributed by atoms with Crippen LogP contribution in [-0.2, 0) is 0 Å². The molecular weight excluding hydrogens is 468 g/mol. The Hall–Kier alpha value is -3.69. The van der Waals surface area contributed by atoms with Crippen molar-refractivity contribution in [3.63, 3.8) is 0 Å². The van der Waals surface area contributed by atoms with Crippen molar-refractivity contribution in [2.24, 2.45) is 0 Å². The third-order valence-electron chi connectivity index (χ3n) is 5.55. The molecule has 9 heteroatoms. The van der Waals surface area contributed by atoms with E-state index >= 15 is 0 Å². The maximum atomic E-state index is 10.9. The second kappa shape index (κ2) is 9.28. The van der Waals surface area contributed by atoms with Crippen LogP contribution in [0.25, 0.3) is 0 Å². The number of pyridine rings is 1. The Morgan fingerprint density at radius 1 is 1.03 bits per heavy atom. The summed E-state index contributed by atoms with van der Waals surface area (Å²) in [6.45, 7) is 1.93. The van der Waals surface area contributed by atoms with E-state index in [1.165, 1.54) is 23.9 Å². The largest absolute Gasteiger partial charge is 0.464 e. The van der Waals surface area contributed by atoms with Gasteiger partial charge in [0, 0.05) is 33.8 Å². The maximum Gasteiger partial charge on any atom is 0.269 e. The minimum atomic E-state index is -0.397. The smallest absolute Gasteiger partial charge is 0.269 e. The van der Waals surface area contributed by atoms with E-state index in [1.54, 1.807) is 18.3 Å². The first kappa shape index (κ1) is 22.1. The summed E-state index contributed by atoms with van der Waals surface area (Å²) in [5.41, 5.74) is 1.90. The van der Waals surface area contributed by atoms with E-state index in [1.807, 2.05) is 61.5 Å². The van der Waals surface area contributed by atoms with E-state index in [9.17, 15) is 10.1 Å². The van der Waals surface area contributed by atoms with Gasteiger partial charge in [-0.05, 0) is 79.8 Å². The van der Waals surface area contributed by atoms with Gasteiger partial charge in [-0.3, -0.25) is 15.1 Å². The molecule has 2 aromatic carbocycles. The van der Waals surface area contributed by atoms with Gasteiger partial charge in [-0.15, -0.1) is 0 Å². The van der Waals surface area contributed by atoms with Crippen molar-refractivity contribution >= 4 is 40.5 Å². The van der Waals surface area contributed by atoms with Gasteiger partial charge in [0.1, 0.15) is 17.6 Å². The Kier molecular flexibility index (Phi) is 6.04.